The Labute approximate surface area is 85.4 Å². The summed E-state index contributed by atoms with van der Waals surface area (Å²) in [5.41, 5.74) is -2.92. The lowest BCUT2D eigenvalue weighted by molar-refractivity contribution is -0.138. The van der Waals surface area contributed by atoms with E-state index in [0.717, 1.165) is 0 Å². The molecule has 0 amide bonds. The molecule has 0 saturated heterocycles. The standard InChI is InChI=1S/C8H4F6N2/c9-5-1-4(8(12,13)14)3(2-16-15)6(10)7(5)11/h1-2H,15H2. The summed E-state index contributed by atoms with van der Waals surface area (Å²) in [6, 6.07) is -0.157. The Morgan fingerprint density at radius 1 is 1.12 bits per heavy atom. The van der Waals surface area contributed by atoms with Crippen LogP contribution in [0.4, 0.5) is 26.3 Å². The number of rotatable bonds is 1. The van der Waals surface area contributed by atoms with E-state index in [1.165, 1.54) is 0 Å². The van der Waals surface area contributed by atoms with Crippen molar-refractivity contribution < 1.29 is 26.3 Å². The third-order valence-electron chi connectivity index (χ3n) is 1.71. The molecule has 1 aromatic carbocycles. The molecule has 0 aliphatic carbocycles. The largest absolute Gasteiger partial charge is 0.417 e. The van der Waals surface area contributed by atoms with E-state index in [2.05, 4.69) is 10.9 Å². The lowest BCUT2D eigenvalue weighted by atomic mass is 10.1. The van der Waals surface area contributed by atoms with Crippen molar-refractivity contribution in [1.29, 1.82) is 0 Å². The first-order valence-electron chi connectivity index (χ1n) is 3.77. The highest BCUT2D eigenvalue weighted by atomic mass is 19.4. The highest BCUT2D eigenvalue weighted by Crippen LogP contribution is 2.34. The van der Waals surface area contributed by atoms with E-state index in [4.69, 9.17) is 0 Å². The first-order chi connectivity index (χ1) is 7.29. The van der Waals surface area contributed by atoms with E-state index < -0.39 is 34.8 Å². The van der Waals surface area contributed by atoms with Gasteiger partial charge in [-0.15, -0.1) is 0 Å². The minimum absolute atomic E-state index is 0.157. The van der Waals surface area contributed by atoms with Gasteiger partial charge < -0.3 is 5.84 Å². The number of alkyl halides is 3. The molecule has 0 atom stereocenters. The lowest BCUT2D eigenvalue weighted by Crippen LogP contribution is -2.13. The van der Waals surface area contributed by atoms with E-state index >= 15 is 0 Å². The van der Waals surface area contributed by atoms with Crippen LogP contribution in [0.15, 0.2) is 11.2 Å². The van der Waals surface area contributed by atoms with Gasteiger partial charge >= 0.3 is 6.18 Å². The molecule has 16 heavy (non-hydrogen) atoms. The van der Waals surface area contributed by atoms with Crippen LogP contribution >= 0.6 is 0 Å². The zero-order valence-corrected chi connectivity index (χ0v) is 7.45. The van der Waals surface area contributed by atoms with Gasteiger partial charge in [0.25, 0.3) is 0 Å². The first-order valence-corrected chi connectivity index (χ1v) is 3.77. The number of hydrazone groups is 1. The van der Waals surface area contributed by atoms with Gasteiger partial charge in [-0.05, 0) is 6.07 Å². The van der Waals surface area contributed by atoms with E-state index in [-0.39, 0.29) is 12.3 Å². The number of hydrogen-bond acceptors (Lipinski definition) is 2. The van der Waals surface area contributed by atoms with Crippen LogP contribution in [-0.4, -0.2) is 6.21 Å². The summed E-state index contributed by atoms with van der Waals surface area (Å²) in [7, 11) is 0. The van der Waals surface area contributed by atoms with E-state index in [1.54, 1.807) is 0 Å². The third kappa shape index (κ3) is 2.10. The smallest absolute Gasteiger partial charge is 0.323 e. The molecular formula is C8H4F6N2. The molecule has 0 fully saturated rings. The molecule has 1 rings (SSSR count). The predicted molar refractivity (Wildman–Crippen MR) is 43.1 cm³/mol. The van der Waals surface area contributed by atoms with Crippen LogP contribution < -0.4 is 5.84 Å². The monoisotopic (exact) mass is 242 g/mol. The molecule has 0 aliphatic heterocycles. The maximum Gasteiger partial charge on any atom is 0.417 e. The van der Waals surface area contributed by atoms with Crippen LogP contribution in [-0.2, 0) is 6.18 Å². The molecule has 0 spiro atoms. The highest BCUT2D eigenvalue weighted by molar-refractivity contribution is 5.82. The number of hydrogen-bond donors (Lipinski definition) is 1. The third-order valence-corrected chi connectivity index (χ3v) is 1.71. The molecule has 0 saturated carbocycles. The molecule has 8 heteroatoms. The SMILES string of the molecule is NN=Cc1c(C(F)(F)F)cc(F)c(F)c1F. The van der Waals surface area contributed by atoms with Crippen LogP contribution in [0, 0.1) is 17.5 Å². The predicted octanol–water partition coefficient (Wildman–Crippen LogP) is 2.42. The van der Waals surface area contributed by atoms with Crippen molar-refractivity contribution in [2.45, 2.75) is 6.18 Å². The summed E-state index contributed by atoms with van der Waals surface area (Å²) >= 11 is 0. The van der Waals surface area contributed by atoms with E-state index in [1.807, 2.05) is 0 Å². The molecular weight excluding hydrogens is 238 g/mol. The van der Waals surface area contributed by atoms with Gasteiger partial charge in [-0.3, -0.25) is 0 Å². The molecule has 2 N–H and O–H groups in total. The van der Waals surface area contributed by atoms with Crippen molar-refractivity contribution in [3.63, 3.8) is 0 Å². The summed E-state index contributed by atoms with van der Waals surface area (Å²) in [5, 5.41) is 2.66. The van der Waals surface area contributed by atoms with Crippen LogP contribution in [0.3, 0.4) is 0 Å². The fourth-order valence-corrected chi connectivity index (χ4v) is 1.04. The van der Waals surface area contributed by atoms with Gasteiger partial charge in [0.05, 0.1) is 11.8 Å². The highest BCUT2D eigenvalue weighted by Gasteiger charge is 2.36. The van der Waals surface area contributed by atoms with Crippen molar-refractivity contribution in [3.05, 3.63) is 34.6 Å². The van der Waals surface area contributed by atoms with Gasteiger partial charge in [-0.1, -0.05) is 0 Å². The van der Waals surface area contributed by atoms with Gasteiger partial charge in [-0.2, -0.15) is 18.3 Å². The molecule has 0 bridgehead atoms. The first kappa shape index (κ1) is 12.3. The summed E-state index contributed by atoms with van der Waals surface area (Å²) < 4.78 is 75.2. The molecule has 1 aromatic rings. The van der Waals surface area contributed by atoms with Gasteiger partial charge in [0.2, 0.25) is 0 Å². The van der Waals surface area contributed by atoms with Crippen LogP contribution in [0.25, 0.3) is 0 Å². The minimum atomic E-state index is -5.04. The van der Waals surface area contributed by atoms with Gasteiger partial charge in [0.1, 0.15) is 0 Å². The second-order valence-corrected chi connectivity index (χ2v) is 2.72. The Hall–Kier alpha value is -1.73. The molecule has 2 nitrogen and oxygen atoms in total. The van der Waals surface area contributed by atoms with Crippen molar-refractivity contribution in [3.8, 4) is 0 Å². The summed E-state index contributed by atoms with van der Waals surface area (Å²) in [6.45, 7) is 0. The van der Waals surface area contributed by atoms with Gasteiger partial charge in [-0.25, -0.2) is 13.2 Å². The number of nitrogens with two attached hydrogens (primary N) is 1. The Balaban J connectivity index is 3.60. The zero-order chi connectivity index (χ0) is 12.5. The molecule has 0 radical (unpaired) electrons. The van der Waals surface area contributed by atoms with Crippen LogP contribution in [0.1, 0.15) is 11.1 Å². The molecule has 0 aliphatic rings. The quantitative estimate of drug-likeness (QED) is 0.265. The average molecular weight is 242 g/mol. The summed E-state index contributed by atoms with van der Waals surface area (Å²) in [6.07, 6.45) is -4.77. The Morgan fingerprint density at radius 3 is 2.12 bits per heavy atom. The average Bonchev–Trinajstić information content (AvgIpc) is 2.17. The number of benzene rings is 1. The van der Waals surface area contributed by atoms with Gasteiger partial charge in [0.15, 0.2) is 17.5 Å². The second-order valence-electron chi connectivity index (χ2n) is 2.72. The summed E-state index contributed by atoms with van der Waals surface area (Å²) in [4.78, 5) is 0. The zero-order valence-electron chi connectivity index (χ0n) is 7.45. The minimum Gasteiger partial charge on any atom is -0.323 e. The van der Waals surface area contributed by atoms with Crippen LogP contribution in [0.5, 0.6) is 0 Å². The van der Waals surface area contributed by atoms with E-state index in [0.29, 0.717) is 0 Å². The van der Waals surface area contributed by atoms with Crippen molar-refractivity contribution in [2.24, 2.45) is 10.9 Å². The fraction of sp³-hybridized carbons (Fsp3) is 0.125. The normalized spacial score (nSPS) is 12.4. The molecule has 0 unspecified atom stereocenters. The fourth-order valence-electron chi connectivity index (χ4n) is 1.04. The Bertz CT molecular complexity index is 437. The van der Waals surface area contributed by atoms with E-state index in [9.17, 15) is 26.3 Å². The summed E-state index contributed by atoms with van der Waals surface area (Å²) in [5.74, 6) is -1.38. The molecule has 88 valence electrons. The maximum absolute atomic E-state index is 13.0. The molecule has 0 heterocycles. The Kier molecular flexibility index (Phi) is 3.11. The lowest BCUT2D eigenvalue weighted by Gasteiger charge is -2.11. The second kappa shape index (κ2) is 4.03. The van der Waals surface area contributed by atoms with Crippen molar-refractivity contribution in [2.75, 3.05) is 0 Å². The number of nitrogens with zero attached hydrogens (tertiary/aromatic N) is 1. The molecule has 0 aromatic heterocycles. The van der Waals surface area contributed by atoms with Crippen molar-refractivity contribution in [1.82, 2.24) is 0 Å². The Morgan fingerprint density at radius 2 is 1.69 bits per heavy atom. The van der Waals surface area contributed by atoms with Crippen molar-refractivity contribution >= 4 is 6.21 Å². The maximum atomic E-state index is 13.0. The number of halogens is 6. The van der Waals surface area contributed by atoms with Crippen LogP contribution in [0.2, 0.25) is 0 Å². The van der Waals surface area contributed by atoms with Gasteiger partial charge in [0, 0.05) is 5.56 Å². The topological polar surface area (TPSA) is 38.4 Å².